The van der Waals surface area contributed by atoms with E-state index in [1.165, 1.54) is 141 Å². The predicted octanol–water partition coefficient (Wildman–Crippen LogP) is 11.4. The highest BCUT2D eigenvalue weighted by Gasteiger charge is 2.16. The Balaban J connectivity index is 3.46. The van der Waals surface area contributed by atoms with E-state index in [9.17, 15) is 9.90 Å². The van der Waals surface area contributed by atoms with Gasteiger partial charge in [-0.25, -0.2) is 0 Å². The molecule has 1 N–H and O–H groups in total. The Morgan fingerprint density at radius 2 is 0.794 bits per heavy atom. The number of hydrogen-bond acceptors (Lipinski definition) is 1. The molecular formula is C32H62O2. The van der Waals surface area contributed by atoms with E-state index in [2.05, 4.69) is 26.0 Å². The molecule has 0 aromatic heterocycles. The number of carboxylic acids is 1. The standard InChI is InChI=1S/C32H62O2/c1-3-5-7-9-11-13-15-17-18-20-22-24-26-28-30-31(32(33)34)29-27-25-23-21-19-16-14-12-10-8-6-4-2/h13,15,31H,3-12,14,16-30H2,1-2H3,(H,33,34)/b15-13+. The lowest BCUT2D eigenvalue weighted by molar-refractivity contribution is -0.142. The zero-order valence-corrected chi connectivity index (χ0v) is 23.5. The van der Waals surface area contributed by atoms with E-state index < -0.39 is 5.97 Å². The second kappa shape index (κ2) is 28.4. The summed E-state index contributed by atoms with van der Waals surface area (Å²) in [6.45, 7) is 4.54. The lowest BCUT2D eigenvalue weighted by Crippen LogP contribution is -2.13. The summed E-state index contributed by atoms with van der Waals surface area (Å²) in [7, 11) is 0. The molecular weight excluding hydrogens is 416 g/mol. The number of hydrogen-bond donors (Lipinski definition) is 1. The Morgan fingerprint density at radius 1 is 0.500 bits per heavy atom. The molecule has 0 aliphatic rings. The molecule has 0 bridgehead atoms. The van der Waals surface area contributed by atoms with Gasteiger partial charge in [-0.15, -0.1) is 0 Å². The molecule has 0 aliphatic carbocycles. The summed E-state index contributed by atoms with van der Waals surface area (Å²) in [5, 5.41) is 9.55. The summed E-state index contributed by atoms with van der Waals surface area (Å²) >= 11 is 0. The maximum absolute atomic E-state index is 11.6. The molecule has 0 aromatic carbocycles. The predicted molar refractivity (Wildman–Crippen MR) is 152 cm³/mol. The smallest absolute Gasteiger partial charge is 0.306 e. The van der Waals surface area contributed by atoms with Crippen LogP contribution in [-0.4, -0.2) is 11.1 Å². The summed E-state index contributed by atoms with van der Waals surface area (Å²) < 4.78 is 0. The first-order valence-electron chi connectivity index (χ1n) is 15.6. The van der Waals surface area contributed by atoms with Crippen molar-refractivity contribution in [2.75, 3.05) is 0 Å². The monoisotopic (exact) mass is 478 g/mol. The fourth-order valence-electron chi connectivity index (χ4n) is 4.91. The van der Waals surface area contributed by atoms with Crippen LogP contribution in [0.15, 0.2) is 12.2 Å². The Bertz CT molecular complexity index is 429. The Labute approximate surface area is 214 Å². The summed E-state index contributed by atoms with van der Waals surface area (Å²) in [5.74, 6) is -0.671. The molecule has 0 rings (SSSR count). The van der Waals surface area contributed by atoms with Crippen LogP contribution in [0.25, 0.3) is 0 Å². The van der Waals surface area contributed by atoms with Crippen LogP contribution < -0.4 is 0 Å². The van der Waals surface area contributed by atoms with Gasteiger partial charge in [0.15, 0.2) is 0 Å². The molecule has 0 saturated heterocycles. The average molecular weight is 479 g/mol. The molecule has 0 aromatic rings. The van der Waals surface area contributed by atoms with Gasteiger partial charge in [0.1, 0.15) is 0 Å². The lowest BCUT2D eigenvalue weighted by Gasteiger charge is -2.12. The van der Waals surface area contributed by atoms with Crippen LogP contribution in [0.1, 0.15) is 181 Å². The van der Waals surface area contributed by atoms with E-state index in [-0.39, 0.29) is 5.92 Å². The summed E-state index contributed by atoms with van der Waals surface area (Å²) in [4.78, 5) is 11.6. The van der Waals surface area contributed by atoms with E-state index in [0.29, 0.717) is 0 Å². The Morgan fingerprint density at radius 3 is 1.15 bits per heavy atom. The highest BCUT2D eigenvalue weighted by molar-refractivity contribution is 5.69. The molecule has 0 spiro atoms. The van der Waals surface area contributed by atoms with Gasteiger partial charge in [0.2, 0.25) is 0 Å². The van der Waals surface area contributed by atoms with Crippen molar-refractivity contribution in [1.29, 1.82) is 0 Å². The zero-order valence-electron chi connectivity index (χ0n) is 23.5. The quantitative estimate of drug-likeness (QED) is 0.0896. The molecule has 0 amide bonds. The van der Waals surface area contributed by atoms with Crippen molar-refractivity contribution in [3.63, 3.8) is 0 Å². The van der Waals surface area contributed by atoms with Crippen molar-refractivity contribution >= 4 is 5.97 Å². The summed E-state index contributed by atoms with van der Waals surface area (Å²) in [6.07, 6.45) is 38.0. The second-order valence-electron chi connectivity index (χ2n) is 10.7. The molecule has 0 fully saturated rings. The number of allylic oxidation sites excluding steroid dienone is 2. The van der Waals surface area contributed by atoms with Crippen molar-refractivity contribution in [3.8, 4) is 0 Å². The Kier molecular flexibility index (Phi) is 27.8. The van der Waals surface area contributed by atoms with Crippen molar-refractivity contribution in [2.24, 2.45) is 5.92 Å². The first kappa shape index (κ1) is 33.2. The molecule has 0 radical (unpaired) electrons. The molecule has 1 unspecified atom stereocenters. The van der Waals surface area contributed by atoms with Crippen LogP contribution in [-0.2, 0) is 4.79 Å². The van der Waals surface area contributed by atoms with Gasteiger partial charge >= 0.3 is 5.97 Å². The van der Waals surface area contributed by atoms with Gasteiger partial charge in [0, 0.05) is 0 Å². The van der Waals surface area contributed by atoms with Crippen LogP contribution in [0.4, 0.5) is 0 Å². The third-order valence-corrected chi connectivity index (χ3v) is 7.32. The van der Waals surface area contributed by atoms with Gasteiger partial charge in [0.05, 0.1) is 5.92 Å². The maximum atomic E-state index is 11.6. The molecule has 0 saturated carbocycles. The van der Waals surface area contributed by atoms with Crippen LogP contribution >= 0.6 is 0 Å². The van der Waals surface area contributed by atoms with E-state index in [1.807, 2.05) is 0 Å². The van der Waals surface area contributed by atoms with Gasteiger partial charge in [-0.05, 0) is 38.5 Å². The van der Waals surface area contributed by atoms with Crippen molar-refractivity contribution in [2.45, 2.75) is 181 Å². The normalized spacial score (nSPS) is 12.5. The van der Waals surface area contributed by atoms with E-state index in [1.54, 1.807) is 0 Å². The number of unbranched alkanes of at least 4 members (excludes halogenated alkanes) is 21. The highest BCUT2D eigenvalue weighted by atomic mass is 16.4. The minimum Gasteiger partial charge on any atom is -0.481 e. The van der Waals surface area contributed by atoms with Gasteiger partial charge < -0.3 is 5.11 Å². The molecule has 2 nitrogen and oxygen atoms in total. The number of rotatable bonds is 28. The van der Waals surface area contributed by atoms with Crippen molar-refractivity contribution < 1.29 is 9.90 Å². The molecule has 202 valence electrons. The maximum Gasteiger partial charge on any atom is 0.306 e. The molecule has 1 atom stereocenters. The molecule has 0 heterocycles. The van der Waals surface area contributed by atoms with Crippen LogP contribution in [0.2, 0.25) is 0 Å². The molecule has 34 heavy (non-hydrogen) atoms. The summed E-state index contributed by atoms with van der Waals surface area (Å²) in [6, 6.07) is 0. The van der Waals surface area contributed by atoms with E-state index >= 15 is 0 Å². The summed E-state index contributed by atoms with van der Waals surface area (Å²) in [5.41, 5.74) is 0. The largest absolute Gasteiger partial charge is 0.481 e. The fourth-order valence-corrected chi connectivity index (χ4v) is 4.91. The third-order valence-electron chi connectivity index (χ3n) is 7.32. The van der Waals surface area contributed by atoms with Crippen LogP contribution in [0.5, 0.6) is 0 Å². The van der Waals surface area contributed by atoms with E-state index in [4.69, 9.17) is 0 Å². The van der Waals surface area contributed by atoms with Gasteiger partial charge in [-0.2, -0.15) is 0 Å². The van der Waals surface area contributed by atoms with Gasteiger partial charge in [-0.1, -0.05) is 154 Å². The fraction of sp³-hybridized carbons (Fsp3) is 0.906. The molecule has 2 heteroatoms. The van der Waals surface area contributed by atoms with Crippen molar-refractivity contribution in [3.05, 3.63) is 12.2 Å². The Hall–Kier alpha value is -0.790. The van der Waals surface area contributed by atoms with Crippen molar-refractivity contribution in [1.82, 2.24) is 0 Å². The SMILES string of the molecule is CCCCCC/C=C/CCCCCCCCC(CCCCCCCCCCCCCC)C(=O)O. The zero-order chi connectivity index (χ0) is 25.0. The van der Waals surface area contributed by atoms with Crippen LogP contribution in [0.3, 0.4) is 0 Å². The number of aliphatic carboxylic acids is 1. The average Bonchev–Trinajstić information content (AvgIpc) is 2.83. The van der Waals surface area contributed by atoms with E-state index in [0.717, 1.165) is 25.7 Å². The lowest BCUT2D eigenvalue weighted by atomic mass is 9.94. The first-order valence-corrected chi connectivity index (χ1v) is 15.6. The molecule has 0 aliphatic heterocycles. The third kappa shape index (κ3) is 25.8. The van der Waals surface area contributed by atoms with Gasteiger partial charge in [-0.3, -0.25) is 4.79 Å². The second-order valence-corrected chi connectivity index (χ2v) is 10.7. The van der Waals surface area contributed by atoms with Gasteiger partial charge in [0.25, 0.3) is 0 Å². The first-order chi connectivity index (χ1) is 16.7. The van der Waals surface area contributed by atoms with Crippen LogP contribution in [0, 0.1) is 5.92 Å². The minimum absolute atomic E-state index is 0.106. The minimum atomic E-state index is -0.565. The topological polar surface area (TPSA) is 37.3 Å². The number of carbonyl (C=O) groups is 1. The number of carboxylic acid groups (broad SMARTS) is 1. The highest BCUT2D eigenvalue weighted by Crippen LogP contribution is 2.20.